The van der Waals surface area contributed by atoms with Gasteiger partial charge in [0.25, 0.3) is 15.9 Å². The van der Waals surface area contributed by atoms with Crippen molar-refractivity contribution in [3.05, 3.63) is 89.4 Å². The summed E-state index contributed by atoms with van der Waals surface area (Å²) in [5.41, 5.74) is 3.48. The zero-order valence-corrected chi connectivity index (χ0v) is 18.9. The van der Waals surface area contributed by atoms with E-state index in [1.807, 2.05) is 6.92 Å². The molecule has 3 aromatic rings. The summed E-state index contributed by atoms with van der Waals surface area (Å²) in [7, 11) is -4.01. The van der Waals surface area contributed by atoms with Crippen molar-refractivity contribution >= 4 is 39.4 Å². The third-order valence-corrected chi connectivity index (χ3v) is 6.37. The molecule has 0 unspecified atom stereocenters. The molecule has 0 atom stereocenters. The van der Waals surface area contributed by atoms with Crippen LogP contribution >= 0.6 is 11.6 Å². The van der Waals surface area contributed by atoms with Crippen LogP contribution in [0.15, 0.2) is 88.9 Å². The number of anilines is 1. The summed E-state index contributed by atoms with van der Waals surface area (Å²) in [5.74, 6) is 0.146. The number of ether oxygens (including phenoxy) is 1. The second kappa shape index (κ2) is 10.8. The lowest BCUT2D eigenvalue weighted by Crippen LogP contribution is -2.39. The van der Waals surface area contributed by atoms with E-state index in [1.165, 1.54) is 30.5 Å². The largest absolute Gasteiger partial charge is 0.494 e. The van der Waals surface area contributed by atoms with Gasteiger partial charge in [0, 0.05) is 5.02 Å². The number of carbonyl (C=O) groups excluding carboxylic acids is 1. The average molecular weight is 472 g/mol. The number of sulfonamides is 1. The van der Waals surface area contributed by atoms with E-state index in [4.69, 9.17) is 16.3 Å². The molecule has 1 N–H and O–H groups in total. The molecule has 0 aromatic heterocycles. The minimum absolute atomic E-state index is 0.0245. The van der Waals surface area contributed by atoms with Gasteiger partial charge in [0.1, 0.15) is 12.3 Å². The topological polar surface area (TPSA) is 88.1 Å². The Morgan fingerprint density at radius 2 is 1.69 bits per heavy atom. The molecule has 0 saturated carbocycles. The summed E-state index contributed by atoms with van der Waals surface area (Å²) in [5, 5.41) is 4.34. The van der Waals surface area contributed by atoms with Crippen molar-refractivity contribution in [2.45, 2.75) is 11.8 Å². The van der Waals surface area contributed by atoms with Gasteiger partial charge in [0.15, 0.2) is 0 Å². The number of carbonyl (C=O) groups is 1. The molecule has 0 heterocycles. The van der Waals surface area contributed by atoms with Crippen LogP contribution in [0.2, 0.25) is 5.02 Å². The van der Waals surface area contributed by atoms with Crippen molar-refractivity contribution in [1.29, 1.82) is 0 Å². The van der Waals surface area contributed by atoms with Crippen molar-refractivity contribution in [2.24, 2.45) is 5.10 Å². The molecule has 0 aliphatic carbocycles. The second-order valence-corrected chi connectivity index (χ2v) is 8.90. The van der Waals surface area contributed by atoms with Crippen molar-refractivity contribution in [1.82, 2.24) is 5.43 Å². The van der Waals surface area contributed by atoms with E-state index in [0.717, 1.165) is 15.6 Å². The first-order valence-electron chi connectivity index (χ1n) is 9.78. The molecular formula is C23H22ClN3O4S. The molecule has 0 spiro atoms. The van der Waals surface area contributed by atoms with E-state index in [9.17, 15) is 13.2 Å². The summed E-state index contributed by atoms with van der Waals surface area (Å²) >= 11 is 5.88. The van der Waals surface area contributed by atoms with Gasteiger partial charge in [-0.15, -0.1) is 0 Å². The number of nitrogens with one attached hydrogen (secondary N) is 1. The van der Waals surface area contributed by atoms with Crippen LogP contribution in [0, 0.1) is 0 Å². The maximum Gasteiger partial charge on any atom is 0.264 e. The highest BCUT2D eigenvalue weighted by molar-refractivity contribution is 7.92. The van der Waals surface area contributed by atoms with Crippen molar-refractivity contribution in [3.8, 4) is 5.75 Å². The predicted molar refractivity (Wildman–Crippen MR) is 126 cm³/mol. The molecule has 0 fully saturated rings. The summed E-state index contributed by atoms with van der Waals surface area (Å²) in [6.45, 7) is 2.02. The van der Waals surface area contributed by atoms with Crippen LogP contribution in [-0.2, 0) is 14.8 Å². The average Bonchev–Trinajstić information content (AvgIpc) is 2.79. The minimum Gasteiger partial charge on any atom is -0.494 e. The molecule has 0 aliphatic heterocycles. The van der Waals surface area contributed by atoms with Crippen LogP contribution in [-0.4, -0.2) is 33.7 Å². The Balaban J connectivity index is 1.75. The molecule has 9 heteroatoms. The molecule has 0 bridgehead atoms. The highest BCUT2D eigenvalue weighted by atomic mass is 35.5. The second-order valence-electron chi connectivity index (χ2n) is 6.60. The number of hydrogen-bond acceptors (Lipinski definition) is 5. The highest BCUT2D eigenvalue weighted by Crippen LogP contribution is 2.24. The third kappa shape index (κ3) is 6.09. The Bertz CT molecular complexity index is 1170. The first-order valence-corrected chi connectivity index (χ1v) is 11.6. The Morgan fingerprint density at radius 1 is 1.03 bits per heavy atom. The molecule has 3 rings (SSSR count). The smallest absolute Gasteiger partial charge is 0.264 e. The number of halogens is 1. The van der Waals surface area contributed by atoms with Gasteiger partial charge in [-0.2, -0.15) is 5.10 Å². The van der Waals surface area contributed by atoms with Crippen molar-refractivity contribution in [3.63, 3.8) is 0 Å². The van der Waals surface area contributed by atoms with E-state index >= 15 is 0 Å². The standard InChI is InChI=1S/C23H22ClN3O4S/c1-2-31-21-12-8-18(9-13-21)16-25-26-23(28)17-27(20-6-4-3-5-7-20)32(29,30)22-14-10-19(24)11-15-22/h3-16H,2,17H2,1H3,(H,26,28)/b25-16-. The van der Waals surface area contributed by atoms with Gasteiger partial charge in [-0.3, -0.25) is 9.10 Å². The zero-order chi connectivity index (χ0) is 23.0. The van der Waals surface area contributed by atoms with Gasteiger partial charge < -0.3 is 4.74 Å². The van der Waals surface area contributed by atoms with E-state index in [1.54, 1.807) is 54.6 Å². The van der Waals surface area contributed by atoms with Crippen LogP contribution in [0.1, 0.15) is 12.5 Å². The monoisotopic (exact) mass is 471 g/mol. The first kappa shape index (κ1) is 23.3. The Labute approximate surface area is 192 Å². The summed E-state index contributed by atoms with van der Waals surface area (Å²) in [6.07, 6.45) is 1.47. The molecule has 0 aliphatic rings. The number of benzene rings is 3. The Kier molecular flexibility index (Phi) is 7.86. The fourth-order valence-corrected chi connectivity index (χ4v) is 4.35. The zero-order valence-electron chi connectivity index (χ0n) is 17.3. The molecular weight excluding hydrogens is 450 g/mol. The molecule has 166 valence electrons. The van der Waals surface area contributed by atoms with Gasteiger partial charge in [-0.1, -0.05) is 29.8 Å². The highest BCUT2D eigenvalue weighted by Gasteiger charge is 2.27. The number of hydrazone groups is 1. The lowest BCUT2D eigenvalue weighted by molar-refractivity contribution is -0.119. The van der Waals surface area contributed by atoms with Crippen LogP contribution in [0.25, 0.3) is 0 Å². The van der Waals surface area contributed by atoms with Crippen LogP contribution < -0.4 is 14.5 Å². The van der Waals surface area contributed by atoms with Crippen LogP contribution in [0.5, 0.6) is 5.75 Å². The molecule has 1 amide bonds. The first-order chi connectivity index (χ1) is 15.4. The number of para-hydroxylation sites is 1. The van der Waals surface area contributed by atoms with Gasteiger partial charge in [0.2, 0.25) is 0 Å². The number of amides is 1. The summed E-state index contributed by atoms with van der Waals surface area (Å²) in [6, 6.07) is 21.3. The maximum absolute atomic E-state index is 13.2. The fourth-order valence-electron chi connectivity index (χ4n) is 2.80. The Hall–Kier alpha value is -3.36. The molecule has 0 radical (unpaired) electrons. The van der Waals surface area contributed by atoms with Gasteiger partial charge in [-0.05, 0) is 73.2 Å². The molecule has 32 heavy (non-hydrogen) atoms. The van der Waals surface area contributed by atoms with E-state index in [-0.39, 0.29) is 4.90 Å². The summed E-state index contributed by atoms with van der Waals surface area (Å²) < 4.78 is 32.8. The van der Waals surface area contributed by atoms with E-state index in [2.05, 4.69) is 10.5 Å². The van der Waals surface area contributed by atoms with Gasteiger partial charge in [-0.25, -0.2) is 13.8 Å². The van der Waals surface area contributed by atoms with E-state index in [0.29, 0.717) is 17.3 Å². The lowest BCUT2D eigenvalue weighted by Gasteiger charge is -2.23. The van der Waals surface area contributed by atoms with Crippen LogP contribution in [0.3, 0.4) is 0 Å². The van der Waals surface area contributed by atoms with Gasteiger partial charge >= 0.3 is 0 Å². The molecule has 0 saturated heterocycles. The Morgan fingerprint density at radius 3 is 2.31 bits per heavy atom. The normalized spacial score (nSPS) is 11.3. The summed E-state index contributed by atoms with van der Waals surface area (Å²) in [4.78, 5) is 12.5. The number of nitrogens with zero attached hydrogens (tertiary/aromatic N) is 2. The van der Waals surface area contributed by atoms with E-state index < -0.39 is 22.5 Å². The van der Waals surface area contributed by atoms with Crippen molar-refractivity contribution in [2.75, 3.05) is 17.5 Å². The lowest BCUT2D eigenvalue weighted by atomic mass is 10.2. The predicted octanol–water partition coefficient (Wildman–Crippen LogP) is 4.08. The fraction of sp³-hybridized carbons (Fsp3) is 0.130. The molecule has 7 nitrogen and oxygen atoms in total. The quantitative estimate of drug-likeness (QED) is 0.376. The maximum atomic E-state index is 13.2. The third-order valence-electron chi connectivity index (χ3n) is 4.33. The number of hydrogen-bond donors (Lipinski definition) is 1. The number of rotatable bonds is 9. The minimum atomic E-state index is -4.01. The molecule has 3 aromatic carbocycles. The SMILES string of the molecule is CCOc1ccc(/C=N\NC(=O)CN(c2ccccc2)S(=O)(=O)c2ccc(Cl)cc2)cc1. The van der Waals surface area contributed by atoms with Crippen LogP contribution in [0.4, 0.5) is 5.69 Å². The van der Waals surface area contributed by atoms with Crippen molar-refractivity contribution < 1.29 is 17.9 Å². The van der Waals surface area contributed by atoms with Gasteiger partial charge in [0.05, 0.1) is 23.4 Å².